The molecule has 0 aromatic heterocycles. The second-order valence-corrected chi connectivity index (χ2v) is 9.00. The molecule has 5 nitrogen and oxygen atoms in total. The van der Waals surface area contributed by atoms with Gasteiger partial charge in [0, 0.05) is 38.6 Å². The number of amides is 1. The lowest BCUT2D eigenvalue weighted by atomic mass is 9.86. The molecule has 1 saturated heterocycles. The Morgan fingerprint density at radius 1 is 1.28 bits per heavy atom. The van der Waals surface area contributed by atoms with Crippen molar-refractivity contribution in [3.8, 4) is 0 Å². The third-order valence-electron chi connectivity index (χ3n) is 5.45. The van der Waals surface area contributed by atoms with Crippen LogP contribution < -0.4 is 10.6 Å². The van der Waals surface area contributed by atoms with Gasteiger partial charge in [0.05, 0.1) is 0 Å². The van der Waals surface area contributed by atoms with Gasteiger partial charge in [-0.3, -0.25) is 9.79 Å². The van der Waals surface area contributed by atoms with Crippen LogP contribution in [0.5, 0.6) is 0 Å². The van der Waals surface area contributed by atoms with Crippen LogP contribution in [0.4, 0.5) is 0 Å². The van der Waals surface area contributed by atoms with Crippen molar-refractivity contribution < 1.29 is 4.79 Å². The van der Waals surface area contributed by atoms with Crippen LogP contribution in [-0.4, -0.2) is 49.5 Å². The Morgan fingerprint density at radius 2 is 1.97 bits per heavy atom. The van der Waals surface area contributed by atoms with E-state index in [1.807, 2.05) is 25.8 Å². The number of nitrogens with one attached hydrogen (secondary N) is 2. The molecule has 0 aliphatic carbocycles. The summed E-state index contributed by atoms with van der Waals surface area (Å²) in [4.78, 5) is 18.5. The number of benzene rings is 1. The minimum absolute atomic E-state index is 0. The summed E-state index contributed by atoms with van der Waals surface area (Å²) in [5.74, 6) is 1.14. The Kier molecular flexibility index (Phi) is 11.0. The Bertz CT molecular complexity index is 646. The number of carbonyl (C=O) groups excluding carboxylic acids is 1. The largest absolute Gasteiger partial charge is 0.356 e. The van der Waals surface area contributed by atoms with Gasteiger partial charge in [-0.15, -0.1) is 24.0 Å². The zero-order valence-electron chi connectivity index (χ0n) is 18.7. The van der Waals surface area contributed by atoms with Gasteiger partial charge in [0.1, 0.15) is 0 Å². The summed E-state index contributed by atoms with van der Waals surface area (Å²) in [7, 11) is 1.81. The van der Waals surface area contributed by atoms with Crippen LogP contribution in [-0.2, 0) is 11.2 Å². The molecule has 0 radical (unpaired) electrons. The smallest absolute Gasteiger partial charge is 0.225 e. The molecule has 29 heavy (non-hydrogen) atoms. The van der Waals surface area contributed by atoms with Crippen LogP contribution in [0.1, 0.15) is 52.5 Å². The summed E-state index contributed by atoms with van der Waals surface area (Å²) in [6.45, 7) is 11.0. The van der Waals surface area contributed by atoms with E-state index in [-0.39, 0.29) is 47.3 Å². The van der Waals surface area contributed by atoms with Crippen molar-refractivity contribution >= 4 is 35.8 Å². The third kappa shape index (κ3) is 8.93. The second kappa shape index (κ2) is 12.4. The number of likely N-dealkylation sites (tertiary alicyclic amines) is 1. The Balaban J connectivity index is 0.00000420. The lowest BCUT2D eigenvalue weighted by Crippen LogP contribution is -2.47. The number of guanidine groups is 1. The van der Waals surface area contributed by atoms with E-state index in [0.717, 1.165) is 44.9 Å². The van der Waals surface area contributed by atoms with Crippen LogP contribution in [0.3, 0.4) is 0 Å². The minimum atomic E-state index is 0. The van der Waals surface area contributed by atoms with Crippen LogP contribution in [0.25, 0.3) is 0 Å². The average molecular weight is 514 g/mol. The number of hydrogen-bond acceptors (Lipinski definition) is 2. The first kappa shape index (κ1) is 25.7. The Labute approximate surface area is 194 Å². The van der Waals surface area contributed by atoms with Gasteiger partial charge in [-0.1, -0.05) is 58.0 Å². The number of carbonyl (C=O) groups is 1. The highest BCUT2D eigenvalue weighted by Crippen LogP contribution is 2.22. The molecule has 1 aromatic rings. The van der Waals surface area contributed by atoms with Gasteiger partial charge in [0.2, 0.25) is 5.91 Å². The number of nitrogens with zero attached hydrogens (tertiary/aromatic N) is 2. The lowest BCUT2D eigenvalue weighted by molar-refractivity contribution is -0.133. The quantitative estimate of drug-likeness (QED) is 0.313. The van der Waals surface area contributed by atoms with Gasteiger partial charge in [-0.05, 0) is 36.7 Å². The molecule has 1 atom stereocenters. The van der Waals surface area contributed by atoms with Crippen LogP contribution >= 0.6 is 24.0 Å². The molecule has 1 amide bonds. The Morgan fingerprint density at radius 3 is 2.59 bits per heavy atom. The zero-order chi connectivity index (χ0) is 20.6. The second-order valence-electron chi connectivity index (χ2n) is 9.00. The standard InChI is InChI=1S/C23H38N4O.HI/c1-18(2)21(28)27-15-13-20(16-27)26-22(24-5)25-17-23(3,4)14-9-12-19-10-7-6-8-11-19;/h6-8,10-11,18,20H,9,12-17H2,1-5H3,(H2,24,25,26);1H. The van der Waals surface area contributed by atoms with E-state index in [1.54, 1.807) is 0 Å². The SMILES string of the molecule is CN=C(NCC(C)(C)CCCc1ccccc1)NC1CCN(C(=O)C(C)C)C1.I. The van der Waals surface area contributed by atoms with E-state index in [2.05, 4.69) is 59.8 Å². The van der Waals surface area contributed by atoms with Gasteiger partial charge >= 0.3 is 0 Å². The normalized spacial score (nSPS) is 17.2. The molecule has 0 bridgehead atoms. The van der Waals surface area contributed by atoms with E-state index in [4.69, 9.17) is 0 Å². The lowest BCUT2D eigenvalue weighted by Gasteiger charge is -2.27. The zero-order valence-corrected chi connectivity index (χ0v) is 21.0. The van der Waals surface area contributed by atoms with E-state index < -0.39 is 0 Å². The Hall–Kier alpha value is -1.31. The maximum Gasteiger partial charge on any atom is 0.225 e. The predicted octanol–water partition coefficient (Wildman–Crippen LogP) is 4.08. The number of halogens is 1. The predicted molar refractivity (Wildman–Crippen MR) is 133 cm³/mol. The summed E-state index contributed by atoms with van der Waals surface area (Å²) >= 11 is 0. The molecular formula is C23H39IN4O. The van der Waals surface area contributed by atoms with E-state index in [9.17, 15) is 4.79 Å². The molecule has 1 heterocycles. The molecule has 2 rings (SSSR count). The monoisotopic (exact) mass is 514 g/mol. The molecule has 1 aromatic carbocycles. The van der Waals surface area contributed by atoms with Crippen LogP contribution in [0, 0.1) is 11.3 Å². The fourth-order valence-electron chi connectivity index (χ4n) is 3.66. The van der Waals surface area contributed by atoms with Gasteiger partial charge in [-0.2, -0.15) is 0 Å². The molecule has 1 aliphatic heterocycles. The molecular weight excluding hydrogens is 475 g/mol. The highest BCUT2D eigenvalue weighted by atomic mass is 127. The summed E-state index contributed by atoms with van der Waals surface area (Å²) in [6.07, 6.45) is 4.43. The molecule has 0 spiro atoms. The fourth-order valence-corrected chi connectivity index (χ4v) is 3.66. The van der Waals surface area contributed by atoms with E-state index >= 15 is 0 Å². The summed E-state index contributed by atoms with van der Waals surface area (Å²) < 4.78 is 0. The van der Waals surface area contributed by atoms with E-state index in [1.165, 1.54) is 12.0 Å². The molecule has 164 valence electrons. The van der Waals surface area contributed by atoms with Gasteiger partial charge in [-0.25, -0.2) is 0 Å². The summed E-state index contributed by atoms with van der Waals surface area (Å²) in [6, 6.07) is 11.0. The number of aryl methyl sites for hydroxylation is 1. The third-order valence-corrected chi connectivity index (χ3v) is 5.45. The first-order valence-electron chi connectivity index (χ1n) is 10.6. The van der Waals surface area contributed by atoms with Crippen molar-refractivity contribution in [2.24, 2.45) is 16.3 Å². The number of hydrogen-bond donors (Lipinski definition) is 2. The first-order chi connectivity index (χ1) is 13.3. The molecule has 1 aliphatic rings. The first-order valence-corrected chi connectivity index (χ1v) is 10.6. The van der Waals surface area contributed by atoms with Crippen molar-refractivity contribution in [2.75, 3.05) is 26.7 Å². The molecule has 6 heteroatoms. The topological polar surface area (TPSA) is 56.7 Å². The minimum Gasteiger partial charge on any atom is -0.356 e. The number of rotatable bonds is 8. The van der Waals surface area contributed by atoms with Crippen LogP contribution in [0.15, 0.2) is 35.3 Å². The highest BCUT2D eigenvalue weighted by molar-refractivity contribution is 14.0. The molecule has 0 saturated carbocycles. The fraction of sp³-hybridized carbons (Fsp3) is 0.652. The summed E-state index contributed by atoms with van der Waals surface area (Å²) in [5, 5.41) is 6.98. The van der Waals surface area contributed by atoms with Gasteiger partial charge in [0.15, 0.2) is 5.96 Å². The van der Waals surface area contributed by atoms with Crippen LogP contribution in [0.2, 0.25) is 0 Å². The number of aliphatic imine (C=N–C) groups is 1. The van der Waals surface area contributed by atoms with Crippen molar-refractivity contribution in [2.45, 2.75) is 59.4 Å². The maximum atomic E-state index is 12.2. The van der Waals surface area contributed by atoms with Crippen molar-refractivity contribution in [1.82, 2.24) is 15.5 Å². The molecule has 2 N–H and O–H groups in total. The van der Waals surface area contributed by atoms with Crippen molar-refractivity contribution in [3.63, 3.8) is 0 Å². The van der Waals surface area contributed by atoms with E-state index in [0.29, 0.717) is 0 Å². The summed E-state index contributed by atoms with van der Waals surface area (Å²) in [5.41, 5.74) is 1.60. The molecule has 1 unspecified atom stereocenters. The van der Waals surface area contributed by atoms with Crippen molar-refractivity contribution in [1.29, 1.82) is 0 Å². The maximum absolute atomic E-state index is 12.2. The van der Waals surface area contributed by atoms with Gasteiger partial charge in [0.25, 0.3) is 0 Å². The highest BCUT2D eigenvalue weighted by Gasteiger charge is 2.28. The molecule has 1 fully saturated rings. The average Bonchev–Trinajstić information content (AvgIpc) is 3.13. The van der Waals surface area contributed by atoms with Gasteiger partial charge < -0.3 is 15.5 Å². The van der Waals surface area contributed by atoms with Crippen molar-refractivity contribution in [3.05, 3.63) is 35.9 Å².